The number of halogens is 1. The fourth-order valence-electron chi connectivity index (χ4n) is 2.98. The summed E-state index contributed by atoms with van der Waals surface area (Å²) >= 11 is 1.72. The van der Waals surface area contributed by atoms with Crippen molar-refractivity contribution in [3.63, 3.8) is 0 Å². The normalized spacial score (nSPS) is 12.0. The summed E-state index contributed by atoms with van der Waals surface area (Å²) in [7, 11) is 0. The highest BCUT2D eigenvalue weighted by molar-refractivity contribution is 8.00. The Kier molecular flexibility index (Phi) is 5.01. The van der Waals surface area contributed by atoms with Crippen molar-refractivity contribution in [3.05, 3.63) is 36.4 Å². The smallest absolute Gasteiger partial charge is 0.103 e. The lowest BCUT2D eigenvalue weighted by molar-refractivity contribution is 0.291. The van der Waals surface area contributed by atoms with E-state index in [4.69, 9.17) is 15.9 Å². The highest BCUT2D eigenvalue weighted by Gasteiger charge is 2.24. The zero-order chi connectivity index (χ0) is 15.8. The second-order valence-electron chi connectivity index (χ2n) is 5.52. The van der Waals surface area contributed by atoms with E-state index in [0.717, 1.165) is 40.3 Å². The van der Waals surface area contributed by atoms with Crippen LogP contribution in [-0.4, -0.2) is 34.6 Å². The fourth-order valence-corrected chi connectivity index (χ4v) is 4.11. The van der Waals surface area contributed by atoms with Gasteiger partial charge in [0.25, 0.3) is 0 Å². The summed E-state index contributed by atoms with van der Waals surface area (Å²) in [6.45, 7) is 2.27. The van der Waals surface area contributed by atoms with Crippen LogP contribution < -0.4 is 11.1 Å². The lowest BCUT2D eigenvalue weighted by Gasteiger charge is -2.16. The standard InChI is InChI=1S/C17H18N4OS.ClH/c18-12-5-6-13-15-16(20-21(13)9-7-19-8-10-22)11-3-1-2-4-14(11)23-17(12)15;/h1-6,19,22H,7-10,18H2;1H. The third-order valence-electron chi connectivity index (χ3n) is 4.04. The molecule has 0 atom stereocenters. The Morgan fingerprint density at radius 2 is 2.00 bits per heavy atom. The van der Waals surface area contributed by atoms with Crippen molar-refractivity contribution in [1.82, 2.24) is 15.1 Å². The quantitative estimate of drug-likeness (QED) is 0.376. The summed E-state index contributed by atoms with van der Waals surface area (Å²) in [5.74, 6) is 0. The monoisotopic (exact) mass is 362 g/mol. The molecule has 1 aliphatic rings. The lowest BCUT2D eigenvalue weighted by atomic mass is 10.1. The maximum Gasteiger partial charge on any atom is 0.103 e. The Bertz CT molecular complexity index is 880. The molecule has 4 rings (SSSR count). The number of anilines is 1. The molecule has 126 valence electrons. The van der Waals surface area contributed by atoms with Crippen LogP contribution in [-0.2, 0) is 6.54 Å². The molecule has 0 aliphatic carbocycles. The molecule has 4 N–H and O–H groups in total. The Balaban J connectivity index is 0.00000169. The minimum absolute atomic E-state index is 0. The Labute approximate surface area is 150 Å². The number of nitrogens with one attached hydrogen (secondary N) is 1. The molecule has 1 aliphatic heterocycles. The van der Waals surface area contributed by atoms with Crippen LogP contribution in [0.5, 0.6) is 0 Å². The van der Waals surface area contributed by atoms with Gasteiger partial charge in [0.15, 0.2) is 0 Å². The van der Waals surface area contributed by atoms with Gasteiger partial charge in [-0.2, -0.15) is 5.10 Å². The molecule has 2 heterocycles. The number of benzene rings is 2. The van der Waals surface area contributed by atoms with E-state index < -0.39 is 0 Å². The van der Waals surface area contributed by atoms with E-state index in [9.17, 15) is 0 Å². The van der Waals surface area contributed by atoms with Crippen LogP contribution in [0.4, 0.5) is 5.69 Å². The van der Waals surface area contributed by atoms with Crippen LogP contribution in [0.3, 0.4) is 0 Å². The van der Waals surface area contributed by atoms with Gasteiger partial charge in [-0.25, -0.2) is 0 Å². The number of nitrogens with zero attached hydrogens (tertiary/aromatic N) is 2. The van der Waals surface area contributed by atoms with Crippen LogP contribution in [0, 0.1) is 0 Å². The highest BCUT2D eigenvalue weighted by Crippen LogP contribution is 2.49. The van der Waals surface area contributed by atoms with Crippen LogP contribution in [0.25, 0.3) is 22.2 Å². The maximum atomic E-state index is 8.86. The first-order valence-corrected chi connectivity index (χ1v) is 8.49. The average molecular weight is 363 g/mol. The molecular formula is C17H19ClN4OS. The molecule has 0 radical (unpaired) electrons. The number of rotatable bonds is 5. The van der Waals surface area contributed by atoms with Gasteiger partial charge in [-0.1, -0.05) is 30.0 Å². The van der Waals surface area contributed by atoms with Crippen molar-refractivity contribution in [2.45, 2.75) is 16.3 Å². The van der Waals surface area contributed by atoms with Crippen molar-refractivity contribution in [1.29, 1.82) is 0 Å². The number of aromatic nitrogens is 2. The third-order valence-corrected chi connectivity index (χ3v) is 5.26. The molecule has 0 fully saturated rings. The van der Waals surface area contributed by atoms with Crippen LogP contribution in [0.1, 0.15) is 0 Å². The topological polar surface area (TPSA) is 76.1 Å². The molecule has 24 heavy (non-hydrogen) atoms. The predicted octanol–water partition coefficient (Wildman–Crippen LogP) is 2.75. The number of aliphatic hydroxyl groups is 1. The number of aliphatic hydroxyl groups excluding tert-OH is 1. The first-order valence-electron chi connectivity index (χ1n) is 7.67. The summed E-state index contributed by atoms with van der Waals surface area (Å²) in [6, 6.07) is 12.3. The van der Waals surface area contributed by atoms with E-state index in [-0.39, 0.29) is 19.0 Å². The van der Waals surface area contributed by atoms with Gasteiger partial charge in [0.2, 0.25) is 0 Å². The highest BCUT2D eigenvalue weighted by atomic mass is 35.5. The molecule has 0 saturated carbocycles. The van der Waals surface area contributed by atoms with Crippen LogP contribution in [0.15, 0.2) is 46.2 Å². The van der Waals surface area contributed by atoms with Crippen molar-refractivity contribution in [3.8, 4) is 11.3 Å². The SMILES string of the molecule is Cl.Nc1ccc2c3c(nn2CCNCCO)-c2ccccc2Sc13. The summed E-state index contributed by atoms with van der Waals surface area (Å²) in [6.07, 6.45) is 0. The zero-order valence-electron chi connectivity index (χ0n) is 13.0. The molecule has 7 heteroatoms. The molecule has 1 aromatic heterocycles. The lowest BCUT2D eigenvalue weighted by Crippen LogP contribution is -2.23. The summed E-state index contributed by atoms with van der Waals surface area (Å²) in [5.41, 5.74) is 10.3. The average Bonchev–Trinajstić information content (AvgIpc) is 2.95. The van der Waals surface area contributed by atoms with Gasteiger partial charge < -0.3 is 16.2 Å². The van der Waals surface area contributed by atoms with Crippen molar-refractivity contribution >= 4 is 40.8 Å². The molecule has 0 unspecified atom stereocenters. The van der Waals surface area contributed by atoms with Crippen molar-refractivity contribution in [2.24, 2.45) is 0 Å². The van der Waals surface area contributed by atoms with Gasteiger partial charge in [-0.15, -0.1) is 12.4 Å². The fraction of sp³-hybridized carbons (Fsp3) is 0.235. The van der Waals surface area contributed by atoms with Gasteiger partial charge in [0.1, 0.15) is 5.69 Å². The van der Waals surface area contributed by atoms with E-state index in [1.807, 2.05) is 28.9 Å². The molecule has 3 aromatic rings. The number of hydrogen-bond acceptors (Lipinski definition) is 5. The van der Waals surface area contributed by atoms with Gasteiger partial charge in [-0.05, 0) is 18.2 Å². The molecule has 0 spiro atoms. The number of fused-ring (bicyclic) bond motifs is 2. The predicted molar refractivity (Wildman–Crippen MR) is 101 cm³/mol. The number of hydrogen-bond donors (Lipinski definition) is 3. The largest absolute Gasteiger partial charge is 0.398 e. The summed E-state index contributed by atoms with van der Waals surface area (Å²) in [4.78, 5) is 2.30. The summed E-state index contributed by atoms with van der Waals surface area (Å²) in [5, 5.41) is 18.1. The first-order chi connectivity index (χ1) is 11.3. The van der Waals surface area contributed by atoms with Gasteiger partial charge in [-0.3, -0.25) is 4.68 Å². The maximum absolute atomic E-state index is 8.86. The van der Waals surface area contributed by atoms with E-state index in [1.54, 1.807) is 11.8 Å². The summed E-state index contributed by atoms with van der Waals surface area (Å²) < 4.78 is 2.03. The third kappa shape index (κ3) is 2.75. The molecule has 0 bridgehead atoms. The Morgan fingerprint density at radius 3 is 2.83 bits per heavy atom. The van der Waals surface area contributed by atoms with Crippen LogP contribution >= 0.6 is 24.2 Å². The van der Waals surface area contributed by atoms with Gasteiger partial charge in [0, 0.05) is 39.5 Å². The van der Waals surface area contributed by atoms with Gasteiger partial charge in [0.05, 0.1) is 18.7 Å². The minimum atomic E-state index is 0. The molecule has 2 aromatic carbocycles. The minimum Gasteiger partial charge on any atom is -0.398 e. The van der Waals surface area contributed by atoms with E-state index in [2.05, 4.69) is 17.4 Å². The number of nitrogens with two attached hydrogens (primary N) is 1. The second-order valence-corrected chi connectivity index (χ2v) is 6.57. The second kappa shape index (κ2) is 7.03. The zero-order valence-corrected chi connectivity index (χ0v) is 14.7. The van der Waals surface area contributed by atoms with Crippen LogP contribution in [0.2, 0.25) is 0 Å². The Morgan fingerprint density at radius 1 is 1.17 bits per heavy atom. The molecule has 5 nitrogen and oxygen atoms in total. The first kappa shape index (κ1) is 17.1. The molecule has 0 saturated heterocycles. The molecule has 0 amide bonds. The van der Waals surface area contributed by atoms with Crippen molar-refractivity contribution < 1.29 is 5.11 Å². The molecular weight excluding hydrogens is 344 g/mol. The van der Waals surface area contributed by atoms with E-state index >= 15 is 0 Å². The van der Waals surface area contributed by atoms with Crippen molar-refractivity contribution in [2.75, 3.05) is 25.4 Å². The van der Waals surface area contributed by atoms with E-state index in [0.29, 0.717) is 6.54 Å². The van der Waals surface area contributed by atoms with E-state index in [1.165, 1.54) is 10.5 Å². The Hall–Kier alpha value is -1.73. The van der Waals surface area contributed by atoms with Gasteiger partial charge >= 0.3 is 0 Å². The number of nitrogen functional groups attached to an aromatic ring is 1.